The van der Waals surface area contributed by atoms with Gasteiger partial charge in [-0.05, 0) is 52.6 Å². The molecule has 0 radical (unpaired) electrons. The summed E-state index contributed by atoms with van der Waals surface area (Å²) in [6, 6.07) is 8.90. The van der Waals surface area contributed by atoms with Gasteiger partial charge in [0.1, 0.15) is 5.82 Å². The maximum absolute atomic E-state index is 14.8. The van der Waals surface area contributed by atoms with Crippen LogP contribution < -0.4 is 9.64 Å². The largest absolute Gasteiger partial charge is 0.478 e. The number of benzene rings is 3. The fourth-order valence-electron chi connectivity index (χ4n) is 4.47. The number of esters is 1. The quantitative estimate of drug-likeness (QED) is 0.302. The number of halogens is 6. The third-order valence-corrected chi connectivity index (χ3v) is 7.10. The van der Waals surface area contributed by atoms with Crippen LogP contribution in [0.5, 0.6) is 5.75 Å². The molecule has 6 nitrogen and oxygen atoms in total. The Labute approximate surface area is 224 Å². The van der Waals surface area contributed by atoms with E-state index in [2.05, 4.69) is 4.74 Å². The Kier molecular flexibility index (Phi) is 7.35. The van der Waals surface area contributed by atoms with Crippen LogP contribution in [-0.4, -0.2) is 43.9 Å². The second-order valence-electron chi connectivity index (χ2n) is 8.96. The van der Waals surface area contributed by atoms with Crippen molar-refractivity contribution in [3.05, 3.63) is 81.9 Å². The van der Waals surface area contributed by atoms with Crippen LogP contribution in [0, 0.1) is 11.6 Å². The molecule has 0 spiro atoms. The standard InChI is InChI=1S/C27H21ClF5NO5/c1-13(17-6-4-14(8-19(17)28)15-5-7-18(20(29)9-15)25(36)38-3)26(37,27(31,32)33)16-10-21(30)24-22(11-16)34(2)23(35)12-39-24/h4-11,13,37H,12H2,1-3H3. The van der Waals surface area contributed by atoms with Crippen LogP contribution in [0.15, 0.2) is 48.5 Å². The zero-order chi connectivity index (χ0) is 28.9. The number of alkyl halides is 3. The van der Waals surface area contributed by atoms with Crippen LogP contribution >= 0.6 is 11.6 Å². The molecule has 1 aliphatic rings. The number of aliphatic hydroxyl groups is 1. The Hall–Kier alpha value is -3.70. The SMILES string of the molecule is COC(=O)c1ccc(-c2ccc(C(C)C(O)(c3cc(F)c4c(c3)N(C)C(=O)CO4)C(F)(F)F)c(Cl)c2)cc1F. The molecule has 0 fully saturated rings. The molecule has 0 saturated heterocycles. The van der Waals surface area contributed by atoms with Crippen LogP contribution in [0.1, 0.15) is 34.3 Å². The number of anilines is 1. The fourth-order valence-corrected chi connectivity index (χ4v) is 4.81. The molecule has 0 bridgehead atoms. The van der Waals surface area contributed by atoms with Crippen molar-refractivity contribution in [2.75, 3.05) is 25.7 Å². The van der Waals surface area contributed by atoms with Gasteiger partial charge in [-0.1, -0.05) is 36.7 Å². The van der Waals surface area contributed by atoms with Gasteiger partial charge in [0.15, 0.2) is 23.8 Å². The van der Waals surface area contributed by atoms with Crippen molar-refractivity contribution in [3.63, 3.8) is 0 Å². The minimum absolute atomic E-state index is 0.134. The lowest BCUT2D eigenvalue weighted by molar-refractivity contribution is -0.274. The van der Waals surface area contributed by atoms with Gasteiger partial charge in [0.05, 0.1) is 18.4 Å². The maximum atomic E-state index is 14.8. The molecule has 0 aromatic heterocycles. The van der Waals surface area contributed by atoms with Crippen LogP contribution in [0.3, 0.4) is 0 Å². The van der Waals surface area contributed by atoms with E-state index in [0.717, 1.165) is 31.1 Å². The molecule has 1 amide bonds. The van der Waals surface area contributed by atoms with Gasteiger partial charge < -0.3 is 19.5 Å². The third kappa shape index (κ3) is 4.80. The Morgan fingerprint density at radius 3 is 2.31 bits per heavy atom. The normalized spacial score (nSPS) is 15.7. The fraction of sp³-hybridized carbons (Fsp3) is 0.259. The van der Waals surface area contributed by atoms with E-state index in [0.29, 0.717) is 11.6 Å². The third-order valence-electron chi connectivity index (χ3n) is 6.77. The average Bonchev–Trinajstić information content (AvgIpc) is 2.88. The molecule has 3 aromatic carbocycles. The van der Waals surface area contributed by atoms with Crippen molar-refractivity contribution in [1.82, 2.24) is 0 Å². The van der Waals surface area contributed by atoms with E-state index in [-0.39, 0.29) is 27.4 Å². The Morgan fingerprint density at radius 2 is 1.72 bits per heavy atom. The number of fused-ring (bicyclic) bond motifs is 1. The summed E-state index contributed by atoms with van der Waals surface area (Å²) in [5.41, 5.74) is -4.60. The molecular formula is C27H21ClF5NO5. The number of nitrogens with zero attached hydrogens (tertiary/aromatic N) is 1. The van der Waals surface area contributed by atoms with Gasteiger partial charge in [0.2, 0.25) is 0 Å². The minimum atomic E-state index is -5.31. The highest BCUT2D eigenvalue weighted by Gasteiger charge is 2.59. The van der Waals surface area contributed by atoms with E-state index in [1.165, 1.54) is 37.4 Å². The van der Waals surface area contributed by atoms with Crippen molar-refractivity contribution >= 4 is 29.2 Å². The Balaban J connectivity index is 1.78. The van der Waals surface area contributed by atoms with Gasteiger partial charge in [-0.2, -0.15) is 13.2 Å². The van der Waals surface area contributed by atoms with Crippen LogP contribution in [0.2, 0.25) is 5.02 Å². The van der Waals surface area contributed by atoms with Gasteiger partial charge in [-0.3, -0.25) is 4.79 Å². The smallest absolute Gasteiger partial charge is 0.422 e. The highest BCUT2D eigenvalue weighted by atomic mass is 35.5. The molecule has 0 saturated carbocycles. The first-order valence-corrected chi connectivity index (χ1v) is 11.8. The molecular weight excluding hydrogens is 549 g/mol. The molecule has 1 aliphatic heterocycles. The molecule has 206 valence electrons. The topological polar surface area (TPSA) is 76.1 Å². The molecule has 2 unspecified atom stereocenters. The van der Waals surface area contributed by atoms with E-state index in [1.807, 2.05) is 0 Å². The summed E-state index contributed by atoms with van der Waals surface area (Å²) in [5.74, 6) is -5.73. The van der Waals surface area contributed by atoms with Gasteiger partial charge >= 0.3 is 12.1 Å². The van der Waals surface area contributed by atoms with Gasteiger partial charge in [-0.15, -0.1) is 0 Å². The van der Waals surface area contributed by atoms with Crippen LogP contribution in [0.25, 0.3) is 11.1 Å². The molecule has 3 aromatic rings. The molecule has 0 aliphatic carbocycles. The van der Waals surface area contributed by atoms with E-state index < -0.39 is 59.1 Å². The van der Waals surface area contributed by atoms with Crippen molar-refractivity contribution in [3.8, 4) is 16.9 Å². The number of likely N-dealkylation sites (N-methyl/N-ethyl adjacent to an activating group) is 1. The second kappa shape index (κ2) is 10.1. The molecule has 1 N–H and O–H groups in total. The highest BCUT2D eigenvalue weighted by Crippen LogP contribution is 2.52. The summed E-state index contributed by atoms with van der Waals surface area (Å²) < 4.78 is 82.3. The number of carbonyl (C=O) groups is 2. The second-order valence-corrected chi connectivity index (χ2v) is 9.36. The molecule has 39 heavy (non-hydrogen) atoms. The lowest BCUT2D eigenvalue weighted by Crippen LogP contribution is -2.47. The number of hydrogen-bond acceptors (Lipinski definition) is 5. The first kappa shape index (κ1) is 28.3. The molecule has 2 atom stereocenters. The average molecular weight is 570 g/mol. The Morgan fingerprint density at radius 1 is 1.08 bits per heavy atom. The summed E-state index contributed by atoms with van der Waals surface area (Å²) >= 11 is 6.36. The van der Waals surface area contributed by atoms with E-state index >= 15 is 0 Å². The number of carbonyl (C=O) groups excluding carboxylic acids is 2. The molecule has 1 heterocycles. The summed E-state index contributed by atoms with van der Waals surface area (Å²) in [6.45, 7) is 0.582. The lowest BCUT2D eigenvalue weighted by Gasteiger charge is -2.38. The van der Waals surface area contributed by atoms with E-state index in [1.54, 1.807) is 0 Å². The zero-order valence-corrected chi connectivity index (χ0v) is 21.5. The number of hydrogen-bond donors (Lipinski definition) is 1. The Bertz CT molecular complexity index is 1480. The predicted molar refractivity (Wildman–Crippen MR) is 132 cm³/mol. The number of methoxy groups -OCH3 is 1. The predicted octanol–water partition coefficient (Wildman–Crippen LogP) is 5.98. The summed E-state index contributed by atoms with van der Waals surface area (Å²) in [6.07, 6.45) is -5.31. The van der Waals surface area contributed by atoms with Gasteiger partial charge in [0, 0.05) is 18.0 Å². The number of ether oxygens (including phenoxy) is 2. The van der Waals surface area contributed by atoms with Gasteiger partial charge in [0.25, 0.3) is 5.91 Å². The minimum Gasteiger partial charge on any atom is -0.478 e. The van der Waals surface area contributed by atoms with Crippen LogP contribution in [0.4, 0.5) is 27.6 Å². The first-order valence-electron chi connectivity index (χ1n) is 11.4. The molecule has 4 rings (SSSR count). The summed E-state index contributed by atoms with van der Waals surface area (Å²) in [4.78, 5) is 24.6. The monoisotopic (exact) mass is 569 g/mol. The number of rotatable bonds is 5. The number of amides is 1. The highest BCUT2D eigenvalue weighted by molar-refractivity contribution is 6.31. The van der Waals surface area contributed by atoms with E-state index in [4.69, 9.17) is 16.3 Å². The van der Waals surface area contributed by atoms with E-state index in [9.17, 15) is 36.6 Å². The van der Waals surface area contributed by atoms with Crippen molar-refractivity contribution < 1.29 is 46.1 Å². The maximum Gasteiger partial charge on any atom is 0.422 e. The van der Waals surface area contributed by atoms with Crippen molar-refractivity contribution in [2.24, 2.45) is 0 Å². The molecule has 12 heteroatoms. The summed E-state index contributed by atoms with van der Waals surface area (Å²) in [7, 11) is 2.35. The zero-order valence-electron chi connectivity index (χ0n) is 20.7. The lowest BCUT2D eigenvalue weighted by atomic mass is 9.77. The first-order chi connectivity index (χ1) is 18.2. The van der Waals surface area contributed by atoms with Crippen molar-refractivity contribution in [1.29, 1.82) is 0 Å². The van der Waals surface area contributed by atoms with Crippen molar-refractivity contribution in [2.45, 2.75) is 24.6 Å². The van der Waals surface area contributed by atoms with Crippen LogP contribution in [-0.2, 0) is 15.1 Å². The van der Waals surface area contributed by atoms with Gasteiger partial charge in [-0.25, -0.2) is 13.6 Å². The summed E-state index contributed by atoms with van der Waals surface area (Å²) in [5, 5.41) is 11.0.